The summed E-state index contributed by atoms with van der Waals surface area (Å²) >= 11 is 3.43. The van der Waals surface area contributed by atoms with Gasteiger partial charge in [-0.3, -0.25) is 14.5 Å². The van der Waals surface area contributed by atoms with Crippen LogP contribution in [0.15, 0.2) is 22.7 Å². The van der Waals surface area contributed by atoms with E-state index in [0.717, 1.165) is 41.5 Å². The van der Waals surface area contributed by atoms with Crippen LogP contribution < -0.4 is 11.1 Å². The summed E-state index contributed by atoms with van der Waals surface area (Å²) in [7, 11) is 0. The van der Waals surface area contributed by atoms with Gasteiger partial charge < -0.3 is 11.1 Å². The summed E-state index contributed by atoms with van der Waals surface area (Å²) in [6, 6.07) is 5.42. The SMILES string of the molecule is Cc1ccc(NC(=O)CN2CCCC[C@@H]2C(N)=O)c(Br)c1. The first-order valence-electron chi connectivity index (χ1n) is 7.07. The molecule has 2 amide bonds. The Kier molecular flexibility index (Phi) is 5.36. The molecule has 0 bridgehead atoms. The quantitative estimate of drug-likeness (QED) is 0.869. The summed E-state index contributed by atoms with van der Waals surface area (Å²) in [6.45, 7) is 2.91. The van der Waals surface area contributed by atoms with Crippen LogP contribution in [0.2, 0.25) is 0 Å². The van der Waals surface area contributed by atoms with E-state index in [4.69, 9.17) is 5.73 Å². The number of aryl methyl sites for hydroxylation is 1. The molecule has 0 saturated carbocycles. The molecule has 6 heteroatoms. The molecule has 2 rings (SSSR count). The average Bonchev–Trinajstić information content (AvgIpc) is 2.42. The van der Waals surface area contributed by atoms with E-state index in [0.29, 0.717) is 0 Å². The van der Waals surface area contributed by atoms with Crippen molar-refractivity contribution in [3.63, 3.8) is 0 Å². The van der Waals surface area contributed by atoms with E-state index >= 15 is 0 Å². The van der Waals surface area contributed by atoms with Crippen molar-refractivity contribution >= 4 is 33.4 Å². The minimum absolute atomic E-state index is 0.132. The van der Waals surface area contributed by atoms with Crippen molar-refractivity contribution in [2.24, 2.45) is 5.73 Å². The number of anilines is 1. The Morgan fingerprint density at radius 3 is 2.86 bits per heavy atom. The fourth-order valence-electron chi connectivity index (χ4n) is 2.60. The molecule has 0 unspecified atom stereocenters. The first-order valence-corrected chi connectivity index (χ1v) is 7.86. The van der Waals surface area contributed by atoms with Crippen molar-refractivity contribution in [1.29, 1.82) is 0 Å². The summed E-state index contributed by atoms with van der Waals surface area (Å²) in [5.41, 5.74) is 7.26. The molecule has 0 radical (unpaired) electrons. The summed E-state index contributed by atoms with van der Waals surface area (Å²) in [5.74, 6) is -0.480. The standard InChI is InChI=1S/C15H20BrN3O2/c1-10-5-6-12(11(16)8-10)18-14(20)9-19-7-3-2-4-13(19)15(17)21/h5-6,8,13H,2-4,7,9H2,1H3,(H2,17,21)(H,18,20)/t13-/m1/s1. The zero-order valence-corrected chi connectivity index (χ0v) is 13.6. The zero-order valence-electron chi connectivity index (χ0n) is 12.1. The topological polar surface area (TPSA) is 75.4 Å². The number of hydrogen-bond acceptors (Lipinski definition) is 3. The summed E-state index contributed by atoms with van der Waals surface area (Å²) in [4.78, 5) is 25.5. The van der Waals surface area contributed by atoms with Gasteiger partial charge in [0, 0.05) is 4.47 Å². The minimum Gasteiger partial charge on any atom is -0.368 e. The summed E-state index contributed by atoms with van der Waals surface area (Å²) < 4.78 is 0.848. The van der Waals surface area contributed by atoms with Gasteiger partial charge in [-0.25, -0.2) is 0 Å². The molecule has 3 N–H and O–H groups in total. The maximum absolute atomic E-state index is 12.2. The number of piperidine rings is 1. The number of benzene rings is 1. The van der Waals surface area contributed by atoms with E-state index < -0.39 is 0 Å². The minimum atomic E-state index is -0.348. The van der Waals surface area contributed by atoms with Crippen LogP contribution >= 0.6 is 15.9 Å². The van der Waals surface area contributed by atoms with Crippen LogP contribution in [0.5, 0.6) is 0 Å². The Morgan fingerprint density at radius 2 is 2.19 bits per heavy atom. The van der Waals surface area contributed by atoms with Gasteiger partial charge in [-0.1, -0.05) is 12.5 Å². The number of nitrogens with one attached hydrogen (secondary N) is 1. The number of rotatable bonds is 4. The molecule has 1 atom stereocenters. The van der Waals surface area contributed by atoms with Gasteiger partial charge in [-0.2, -0.15) is 0 Å². The number of likely N-dealkylation sites (tertiary alicyclic amines) is 1. The fraction of sp³-hybridized carbons (Fsp3) is 0.467. The summed E-state index contributed by atoms with van der Waals surface area (Å²) in [5, 5.41) is 2.86. The van der Waals surface area contributed by atoms with Crippen LogP contribution in [-0.2, 0) is 9.59 Å². The van der Waals surface area contributed by atoms with Gasteiger partial charge in [0.15, 0.2) is 0 Å². The van der Waals surface area contributed by atoms with E-state index in [1.165, 1.54) is 0 Å². The Labute approximate surface area is 133 Å². The van der Waals surface area contributed by atoms with Crippen molar-refractivity contribution in [3.8, 4) is 0 Å². The van der Waals surface area contributed by atoms with Crippen molar-refractivity contribution in [2.75, 3.05) is 18.4 Å². The van der Waals surface area contributed by atoms with Crippen molar-refractivity contribution in [2.45, 2.75) is 32.2 Å². The maximum atomic E-state index is 12.2. The zero-order chi connectivity index (χ0) is 15.4. The number of halogens is 1. The second kappa shape index (κ2) is 7.04. The van der Waals surface area contributed by atoms with Crippen LogP contribution in [0.25, 0.3) is 0 Å². The predicted molar refractivity (Wildman–Crippen MR) is 85.9 cm³/mol. The number of carbonyl (C=O) groups is 2. The van der Waals surface area contributed by atoms with Crippen LogP contribution in [0, 0.1) is 6.92 Å². The number of hydrogen-bond donors (Lipinski definition) is 2. The third-order valence-corrected chi connectivity index (χ3v) is 4.34. The van der Waals surface area contributed by atoms with Crippen LogP contribution in [0.1, 0.15) is 24.8 Å². The number of nitrogens with two attached hydrogens (primary N) is 1. The van der Waals surface area contributed by atoms with E-state index in [2.05, 4.69) is 21.2 Å². The lowest BCUT2D eigenvalue weighted by molar-refractivity contribution is -0.126. The molecule has 1 fully saturated rings. The van der Waals surface area contributed by atoms with Gasteiger partial charge in [0.25, 0.3) is 0 Å². The van der Waals surface area contributed by atoms with Gasteiger partial charge >= 0.3 is 0 Å². The molecule has 1 aromatic rings. The highest BCUT2D eigenvalue weighted by Gasteiger charge is 2.28. The lowest BCUT2D eigenvalue weighted by Crippen LogP contribution is -2.50. The number of carbonyl (C=O) groups excluding carboxylic acids is 2. The van der Waals surface area contributed by atoms with E-state index in [1.54, 1.807) is 0 Å². The van der Waals surface area contributed by atoms with Gasteiger partial charge in [0.2, 0.25) is 11.8 Å². The Bertz CT molecular complexity index is 548. The second-order valence-corrected chi connectivity index (χ2v) is 6.27. The van der Waals surface area contributed by atoms with E-state index in [-0.39, 0.29) is 24.4 Å². The van der Waals surface area contributed by atoms with Gasteiger partial charge in [0.1, 0.15) is 0 Å². The number of nitrogens with zero attached hydrogens (tertiary/aromatic N) is 1. The molecule has 1 aliphatic heterocycles. The second-order valence-electron chi connectivity index (χ2n) is 5.42. The molecule has 5 nitrogen and oxygen atoms in total. The number of amides is 2. The lowest BCUT2D eigenvalue weighted by Gasteiger charge is -2.32. The lowest BCUT2D eigenvalue weighted by atomic mass is 10.0. The van der Waals surface area contributed by atoms with Crippen LogP contribution in [0.3, 0.4) is 0 Å². The molecule has 0 aromatic heterocycles. The van der Waals surface area contributed by atoms with Crippen molar-refractivity contribution < 1.29 is 9.59 Å². The summed E-state index contributed by atoms with van der Waals surface area (Å²) in [6.07, 6.45) is 2.71. The highest BCUT2D eigenvalue weighted by molar-refractivity contribution is 9.10. The Morgan fingerprint density at radius 1 is 1.43 bits per heavy atom. The van der Waals surface area contributed by atoms with Crippen molar-refractivity contribution in [1.82, 2.24) is 4.90 Å². The molecule has 1 aliphatic rings. The third-order valence-electron chi connectivity index (χ3n) is 3.69. The fourth-order valence-corrected chi connectivity index (χ4v) is 3.19. The van der Waals surface area contributed by atoms with Gasteiger partial charge in [-0.15, -0.1) is 0 Å². The van der Waals surface area contributed by atoms with Crippen molar-refractivity contribution in [3.05, 3.63) is 28.2 Å². The maximum Gasteiger partial charge on any atom is 0.238 e. The molecule has 21 heavy (non-hydrogen) atoms. The highest BCUT2D eigenvalue weighted by Crippen LogP contribution is 2.23. The molecular weight excluding hydrogens is 334 g/mol. The first-order chi connectivity index (χ1) is 9.97. The molecule has 1 aromatic carbocycles. The van der Waals surface area contributed by atoms with E-state index in [1.807, 2.05) is 30.0 Å². The largest absolute Gasteiger partial charge is 0.368 e. The normalized spacial score (nSPS) is 19.2. The van der Waals surface area contributed by atoms with Gasteiger partial charge in [0.05, 0.1) is 18.3 Å². The molecule has 1 heterocycles. The molecule has 0 aliphatic carbocycles. The molecule has 0 spiro atoms. The third kappa shape index (κ3) is 4.28. The molecule has 114 valence electrons. The van der Waals surface area contributed by atoms with Gasteiger partial charge in [-0.05, 0) is 59.9 Å². The predicted octanol–water partition coefficient (Wildman–Crippen LogP) is 2.04. The monoisotopic (exact) mass is 353 g/mol. The van der Waals surface area contributed by atoms with E-state index in [9.17, 15) is 9.59 Å². The van der Waals surface area contributed by atoms with Crippen LogP contribution in [-0.4, -0.2) is 35.8 Å². The van der Waals surface area contributed by atoms with Crippen LogP contribution in [0.4, 0.5) is 5.69 Å². The first kappa shape index (κ1) is 16.0. The average molecular weight is 354 g/mol. The Hall–Kier alpha value is -1.40. The Balaban J connectivity index is 1.98. The molecule has 1 saturated heterocycles. The molecular formula is C15H20BrN3O2. The smallest absolute Gasteiger partial charge is 0.238 e. The number of primary amides is 1. The highest BCUT2D eigenvalue weighted by atomic mass is 79.9.